The van der Waals surface area contributed by atoms with Crippen molar-refractivity contribution in [1.82, 2.24) is 4.90 Å². The van der Waals surface area contributed by atoms with Gasteiger partial charge in [-0.1, -0.05) is 12.1 Å². The Labute approximate surface area is 140 Å². The van der Waals surface area contributed by atoms with Crippen LogP contribution in [0, 0.1) is 0 Å². The van der Waals surface area contributed by atoms with Crippen LogP contribution in [0.4, 0.5) is 0 Å². The Balaban J connectivity index is 1.70. The summed E-state index contributed by atoms with van der Waals surface area (Å²) in [5.41, 5.74) is 2.24. The van der Waals surface area contributed by atoms with Gasteiger partial charge in [0.05, 0.1) is 4.88 Å². The van der Waals surface area contributed by atoms with Crippen LogP contribution in [0.25, 0.3) is 10.4 Å². The molecule has 1 aromatic heterocycles. The number of rotatable bonds is 1. The minimum absolute atomic E-state index is 0.182. The third-order valence-electron chi connectivity index (χ3n) is 4.96. The first-order chi connectivity index (χ1) is 11.1. The van der Waals surface area contributed by atoms with E-state index in [0.717, 1.165) is 34.6 Å². The molecule has 0 N–H and O–H groups in total. The summed E-state index contributed by atoms with van der Waals surface area (Å²) in [6.45, 7) is 4.89. The Morgan fingerprint density at radius 1 is 1.22 bits per heavy atom. The van der Waals surface area contributed by atoms with E-state index in [-0.39, 0.29) is 5.91 Å². The Hall–Kier alpha value is -1.81. The van der Waals surface area contributed by atoms with E-state index in [9.17, 15) is 4.79 Å². The van der Waals surface area contributed by atoms with Gasteiger partial charge in [-0.2, -0.15) is 0 Å². The summed E-state index contributed by atoms with van der Waals surface area (Å²) >= 11 is 1.61. The van der Waals surface area contributed by atoms with Crippen LogP contribution in [0.1, 0.15) is 48.3 Å². The summed E-state index contributed by atoms with van der Waals surface area (Å²) in [5.74, 6) is 1.10. The van der Waals surface area contributed by atoms with E-state index < -0.39 is 0 Å². The second-order valence-electron chi connectivity index (χ2n) is 6.59. The summed E-state index contributed by atoms with van der Waals surface area (Å²) in [6, 6.07) is 10.8. The molecule has 1 aromatic carbocycles. The van der Waals surface area contributed by atoms with E-state index in [0.29, 0.717) is 18.7 Å². The molecule has 4 heteroatoms. The Bertz CT molecular complexity index is 742. The lowest BCUT2D eigenvalue weighted by Gasteiger charge is -2.38. The Kier molecular flexibility index (Phi) is 3.64. The summed E-state index contributed by atoms with van der Waals surface area (Å²) in [6.07, 6.45) is 3.43. The Morgan fingerprint density at radius 2 is 1.96 bits per heavy atom. The number of hydrogen-bond acceptors (Lipinski definition) is 3. The number of para-hydroxylation sites is 1. The van der Waals surface area contributed by atoms with Crippen LogP contribution in [0.2, 0.25) is 0 Å². The lowest BCUT2D eigenvalue weighted by molar-refractivity contribution is 0.0516. The van der Waals surface area contributed by atoms with Crippen molar-refractivity contribution in [2.45, 2.75) is 51.8 Å². The number of benzene rings is 1. The van der Waals surface area contributed by atoms with Gasteiger partial charge in [0.1, 0.15) is 12.4 Å². The molecule has 120 valence electrons. The molecule has 0 aliphatic carbocycles. The third kappa shape index (κ3) is 2.45. The van der Waals surface area contributed by atoms with Crippen LogP contribution in [0.5, 0.6) is 5.75 Å². The van der Waals surface area contributed by atoms with Crippen molar-refractivity contribution >= 4 is 17.2 Å². The first kappa shape index (κ1) is 14.8. The number of ether oxygens (including phenoxy) is 1. The van der Waals surface area contributed by atoms with E-state index in [2.05, 4.69) is 24.8 Å². The first-order valence-corrected chi connectivity index (χ1v) is 9.14. The predicted molar refractivity (Wildman–Crippen MR) is 93.0 cm³/mol. The zero-order valence-electron chi connectivity index (χ0n) is 13.5. The molecule has 2 aliphatic rings. The van der Waals surface area contributed by atoms with Gasteiger partial charge >= 0.3 is 0 Å². The molecule has 1 fully saturated rings. The van der Waals surface area contributed by atoms with Gasteiger partial charge in [0, 0.05) is 28.1 Å². The van der Waals surface area contributed by atoms with Gasteiger partial charge in [-0.25, -0.2) is 0 Å². The maximum absolute atomic E-state index is 13.0. The van der Waals surface area contributed by atoms with Gasteiger partial charge in [-0.3, -0.25) is 4.79 Å². The SMILES string of the molecule is C[C@H]1CCC[C@H](C)N1C(=O)c1cc2c(s1)-c1ccccc1OC2. The van der Waals surface area contributed by atoms with E-state index >= 15 is 0 Å². The maximum atomic E-state index is 13.0. The van der Waals surface area contributed by atoms with Gasteiger partial charge in [-0.05, 0) is 51.3 Å². The highest BCUT2D eigenvalue weighted by Gasteiger charge is 2.32. The minimum Gasteiger partial charge on any atom is -0.488 e. The summed E-state index contributed by atoms with van der Waals surface area (Å²) in [5, 5.41) is 0. The summed E-state index contributed by atoms with van der Waals surface area (Å²) < 4.78 is 5.81. The fourth-order valence-electron chi connectivity index (χ4n) is 3.75. The molecule has 3 heterocycles. The number of carbonyl (C=O) groups is 1. The number of carbonyl (C=O) groups excluding carboxylic acids is 1. The molecule has 0 bridgehead atoms. The molecule has 0 radical (unpaired) electrons. The summed E-state index contributed by atoms with van der Waals surface area (Å²) in [4.78, 5) is 17.2. The molecule has 2 aliphatic heterocycles. The second kappa shape index (κ2) is 5.68. The van der Waals surface area contributed by atoms with Crippen molar-refractivity contribution in [3.05, 3.63) is 40.8 Å². The highest BCUT2D eigenvalue weighted by atomic mass is 32.1. The number of fused-ring (bicyclic) bond motifs is 3. The van der Waals surface area contributed by atoms with Gasteiger partial charge in [0.2, 0.25) is 0 Å². The monoisotopic (exact) mass is 327 g/mol. The largest absolute Gasteiger partial charge is 0.488 e. The normalized spacial score (nSPS) is 23.0. The smallest absolute Gasteiger partial charge is 0.264 e. The number of amides is 1. The molecular formula is C19H21NO2S. The molecule has 1 amide bonds. The molecule has 2 atom stereocenters. The van der Waals surface area contributed by atoms with Crippen LogP contribution >= 0.6 is 11.3 Å². The van der Waals surface area contributed by atoms with E-state index in [4.69, 9.17) is 4.74 Å². The lowest BCUT2D eigenvalue weighted by Crippen LogP contribution is -2.47. The molecule has 0 saturated carbocycles. The highest BCUT2D eigenvalue weighted by molar-refractivity contribution is 7.17. The fourth-order valence-corrected chi connectivity index (χ4v) is 4.90. The number of thiophene rings is 1. The zero-order chi connectivity index (χ0) is 16.0. The predicted octanol–water partition coefficient (Wildman–Crippen LogP) is 4.71. The van der Waals surface area contributed by atoms with Crippen LogP contribution < -0.4 is 4.74 Å². The summed E-state index contributed by atoms with van der Waals surface area (Å²) in [7, 11) is 0. The zero-order valence-corrected chi connectivity index (χ0v) is 14.4. The van der Waals surface area contributed by atoms with Gasteiger partial charge < -0.3 is 9.64 Å². The number of nitrogens with zero attached hydrogens (tertiary/aromatic N) is 1. The number of likely N-dealkylation sites (tertiary alicyclic amines) is 1. The van der Waals surface area contributed by atoms with Crippen LogP contribution in [-0.2, 0) is 6.61 Å². The second-order valence-corrected chi connectivity index (χ2v) is 7.64. The fraction of sp³-hybridized carbons (Fsp3) is 0.421. The molecule has 1 saturated heterocycles. The molecule has 4 rings (SSSR count). The first-order valence-electron chi connectivity index (χ1n) is 8.32. The molecule has 23 heavy (non-hydrogen) atoms. The van der Waals surface area contributed by atoms with Crippen molar-refractivity contribution in [3.63, 3.8) is 0 Å². The van der Waals surface area contributed by atoms with E-state index in [1.165, 1.54) is 11.3 Å². The minimum atomic E-state index is 0.182. The van der Waals surface area contributed by atoms with Crippen molar-refractivity contribution in [2.75, 3.05) is 0 Å². The van der Waals surface area contributed by atoms with E-state index in [1.54, 1.807) is 11.3 Å². The highest BCUT2D eigenvalue weighted by Crippen LogP contribution is 2.43. The van der Waals surface area contributed by atoms with Gasteiger partial charge in [0.15, 0.2) is 0 Å². The third-order valence-corrected chi connectivity index (χ3v) is 6.16. The van der Waals surface area contributed by atoms with Crippen LogP contribution in [0.15, 0.2) is 30.3 Å². The molecule has 3 nitrogen and oxygen atoms in total. The van der Waals surface area contributed by atoms with Gasteiger partial charge in [-0.15, -0.1) is 11.3 Å². The Morgan fingerprint density at radius 3 is 2.74 bits per heavy atom. The van der Waals surface area contributed by atoms with Crippen molar-refractivity contribution in [3.8, 4) is 16.2 Å². The van der Waals surface area contributed by atoms with Crippen LogP contribution in [-0.4, -0.2) is 22.9 Å². The average Bonchev–Trinajstić information content (AvgIpc) is 2.99. The average molecular weight is 327 g/mol. The molecule has 0 spiro atoms. The van der Waals surface area contributed by atoms with Crippen LogP contribution in [0.3, 0.4) is 0 Å². The van der Waals surface area contributed by atoms with Crippen molar-refractivity contribution in [2.24, 2.45) is 0 Å². The van der Waals surface area contributed by atoms with E-state index in [1.807, 2.05) is 24.3 Å². The lowest BCUT2D eigenvalue weighted by atomic mass is 9.97. The maximum Gasteiger partial charge on any atom is 0.264 e. The number of piperidine rings is 1. The van der Waals surface area contributed by atoms with Crippen molar-refractivity contribution < 1.29 is 9.53 Å². The molecule has 2 aromatic rings. The van der Waals surface area contributed by atoms with Gasteiger partial charge in [0.25, 0.3) is 5.91 Å². The number of hydrogen-bond donors (Lipinski definition) is 0. The molecular weight excluding hydrogens is 306 g/mol. The quantitative estimate of drug-likeness (QED) is 0.759. The van der Waals surface area contributed by atoms with Crippen molar-refractivity contribution in [1.29, 1.82) is 0 Å². The molecule has 0 unspecified atom stereocenters. The standard InChI is InChI=1S/C19H21NO2S/c1-12-6-5-7-13(2)20(12)19(21)17-10-14-11-22-16-9-4-3-8-15(16)18(14)23-17/h3-4,8-10,12-13H,5-7,11H2,1-2H3/t12-,13-/m0/s1. The topological polar surface area (TPSA) is 29.5 Å².